The molecular weight excluding hydrogens is 568 g/mol. The summed E-state index contributed by atoms with van der Waals surface area (Å²) in [4.78, 5) is 39.6. The van der Waals surface area contributed by atoms with Crippen molar-refractivity contribution >= 4 is 17.7 Å². The molecule has 10 heteroatoms. The SMILES string of the molecule is CC1=C(C)C(=O)O[C@@H]([C@](C)(O)C2(O)CC[C@@]3(O)[C@@H]4C[C@H]5O[C@]56CC=CC(=O)[C@]6(C)[C@H]4CC[C@]23COC(=O)c2ccc(C)o2)C1. The van der Waals surface area contributed by atoms with Gasteiger partial charge in [-0.1, -0.05) is 11.6 Å². The number of allylic oxidation sites excluding steroid dienone is 1. The quantitative estimate of drug-likeness (QED) is 0.333. The fourth-order valence-electron chi connectivity index (χ4n) is 10.2. The van der Waals surface area contributed by atoms with Crippen LogP contribution in [-0.4, -0.2) is 74.3 Å². The van der Waals surface area contributed by atoms with Crippen LogP contribution in [0, 0.1) is 29.6 Å². The lowest BCUT2D eigenvalue weighted by Gasteiger charge is -2.64. The Balaban J connectivity index is 1.31. The van der Waals surface area contributed by atoms with E-state index in [0.717, 1.165) is 5.57 Å². The number of aliphatic hydroxyl groups is 3. The summed E-state index contributed by atoms with van der Waals surface area (Å²) in [6, 6.07) is 3.14. The molecule has 2 aliphatic heterocycles. The van der Waals surface area contributed by atoms with Gasteiger partial charge in [-0.25, -0.2) is 9.59 Å². The molecule has 1 saturated heterocycles. The number of carbonyl (C=O) groups is 3. The number of aryl methyl sites for hydroxylation is 1. The van der Waals surface area contributed by atoms with Gasteiger partial charge in [-0.05, 0) is 103 Å². The number of carbonyl (C=O) groups excluding carboxylic acids is 3. The van der Waals surface area contributed by atoms with E-state index in [0.29, 0.717) is 30.6 Å². The van der Waals surface area contributed by atoms with Crippen molar-refractivity contribution in [3.8, 4) is 0 Å². The number of ketones is 1. The largest absolute Gasteiger partial charge is 0.459 e. The molecular formula is C34H42O10. The van der Waals surface area contributed by atoms with E-state index in [-0.39, 0.29) is 49.2 Å². The van der Waals surface area contributed by atoms with Crippen molar-refractivity contribution in [3.63, 3.8) is 0 Å². The average Bonchev–Trinajstić information content (AvgIpc) is 3.41. The number of epoxide rings is 1. The van der Waals surface area contributed by atoms with Crippen LogP contribution in [0.2, 0.25) is 0 Å². The normalized spacial score (nSPS) is 45.5. The second-order valence-corrected chi connectivity index (χ2v) is 14.7. The molecule has 238 valence electrons. The first kappa shape index (κ1) is 29.9. The molecule has 3 saturated carbocycles. The monoisotopic (exact) mass is 610 g/mol. The zero-order valence-electron chi connectivity index (χ0n) is 26.0. The van der Waals surface area contributed by atoms with Gasteiger partial charge in [-0.3, -0.25) is 4.79 Å². The van der Waals surface area contributed by atoms with E-state index in [1.807, 2.05) is 13.0 Å². The Hall–Kier alpha value is -2.79. The summed E-state index contributed by atoms with van der Waals surface area (Å²) in [5.74, 6) is -1.57. The number of fused-ring (bicyclic) bond motifs is 4. The van der Waals surface area contributed by atoms with Crippen LogP contribution < -0.4 is 0 Å². The van der Waals surface area contributed by atoms with E-state index < -0.39 is 63.8 Å². The van der Waals surface area contributed by atoms with E-state index in [4.69, 9.17) is 18.6 Å². The van der Waals surface area contributed by atoms with Crippen LogP contribution in [0.25, 0.3) is 0 Å². The number of rotatable bonds is 5. The van der Waals surface area contributed by atoms with Crippen LogP contribution in [0.15, 0.2) is 39.8 Å². The highest BCUT2D eigenvalue weighted by Crippen LogP contribution is 2.75. The molecule has 0 bridgehead atoms. The topological polar surface area (TPSA) is 156 Å². The van der Waals surface area contributed by atoms with Crippen molar-refractivity contribution < 1.29 is 48.3 Å². The first-order valence-corrected chi connectivity index (χ1v) is 15.7. The van der Waals surface area contributed by atoms with Crippen molar-refractivity contribution in [3.05, 3.63) is 47.0 Å². The third-order valence-electron chi connectivity index (χ3n) is 13.1. The Morgan fingerprint density at radius 2 is 1.86 bits per heavy atom. The van der Waals surface area contributed by atoms with Gasteiger partial charge in [0, 0.05) is 12.0 Å². The predicted molar refractivity (Wildman–Crippen MR) is 154 cm³/mol. The lowest BCUT2D eigenvalue weighted by Crippen LogP contribution is -2.75. The minimum Gasteiger partial charge on any atom is -0.459 e. The highest BCUT2D eigenvalue weighted by atomic mass is 16.6. The van der Waals surface area contributed by atoms with Crippen LogP contribution in [0.4, 0.5) is 0 Å². The summed E-state index contributed by atoms with van der Waals surface area (Å²) in [6.07, 6.45) is 4.11. The minimum absolute atomic E-state index is 0.0113. The molecule has 10 atom stereocenters. The lowest BCUT2D eigenvalue weighted by molar-refractivity contribution is -0.295. The second kappa shape index (κ2) is 9.15. The molecule has 0 aromatic carbocycles. The van der Waals surface area contributed by atoms with Crippen molar-refractivity contribution in [2.45, 2.75) is 114 Å². The van der Waals surface area contributed by atoms with Gasteiger partial charge in [0.25, 0.3) is 0 Å². The van der Waals surface area contributed by atoms with E-state index >= 15 is 0 Å². The van der Waals surface area contributed by atoms with Gasteiger partial charge in [0.1, 0.15) is 35.3 Å². The lowest BCUT2D eigenvalue weighted by atomic mass is 9.42. The molecule has 1 spiro atoms. The zero-order valence-corrected chi connectivity index (χ0v) is 26.0. The summed E-state index contributed by atoms with van der Waals surface area (Å²) >= 11 is 0. The molecule has 1 unspecified atom stereocenters. The molecule has 6 aliphatic rings. The number of ether oxygens (including phenoxy) is 3. The maximum atomic E-state index is 13.6. The van der Waals surface area contributed by atoms with Crippen molar-refractivity contribution in [1.29, 1.82) is 0 Å². The summed E-state index contributed by atoms with van der Waals surface area (Å²) in [7, 11) is 0. The van der Waals surface area contributed by atoms with Gasteiger partial charge in [-0.2, -0.15) is 0 Å². The molecule has 44 heavy (non-hydrogen) atoms. The van der Waals surface area contributed by atoms with Gasteiger partial charge in [0.15, 0.2) is 5.78 Å². The van der Waals surface area contributed by atoms with Gasteiger partial charge in [0.05, 0.1) is 22.5 Å². The highest BCUT2D eigenvalue weighted by Gasteiger charge is 2.83. The Bertz CT molecular complexity index is 1520. The van der Waals surface area contributed by atoms with Crippen molar-refractivity contribution in [2.75, 3.05) is 6.61 Å². The Morgan fingerprint density at radius 3 is 2.55 bits per heavy atom. The Morgan fingerprint density at radius 1 is 1.11 bits per heavy atom. The van der Waals surface area contributed by atoms with Crippen molar-refractivity contribution in [2.24, 2.45) is 22.7 Å². The molecule has 1 aromatic heterocycles. The van der Waals surface area contributed by atoms with E-state index in [1.165, 1.54) is 13.0 Å². The Kier molecular flexibility index (Phi) is 6.21. The van der Waals surface area contributed by atoms with Gasteiger partial charge in [0.2, 0.25) is 5.76 Å². The molecule has 4 fully saturated rings. The van der Waals surface area contributed by atoms with Crippen molar-refractivity contribution in [1.82, 2.24) is 0 Å². The predicted octanol–water partition coefficient (Wildman–Crippen LogP) is 3.49. The molecule has 4 aliphatic carbocycles. The summed E-state index contributed by atoms with van der Waals surface area (Å²) < 4.78 is 23.4. The maximum absolute atomic E-state index is 13.6. The van der Waals surface area contributed by atoms with Crippen LogP contribution in [0.1, 0.15) is 89.0 Å². The smallest absolute Gasteiger partial charge is 0.374 e. The van der Waals surface area contributed by atoms with Gasteiger partial charge >= 0.3 is 11.9 Å². The standard InChI is InChI=1S/C34H42O10/c1-18-15-25(43-27(36)20(18)3)30(5,38)34(40)14-13-32(39)22-16-26-33(44-26)11-6-7-24(35)29(33,4)21(22)10-12-31(32,34)17-41-28(37)23-9-8-19(2)42-23/h6-9,21-22,25-26,38-40H,10-17H2,1-5H3/t21-,22+,25+,26+,29-,30-,31+,32+,33+,34?/m0/s1. The summed E-state index contributed by atoms with van der Waals surface area (Å²) in [6.45, 7) is 8.15. The summed E-state index contributed by atoms with van der Waals surface area (Å²) in [5.41, 5.74) is -7.53. The van der Waals surface area contributed by atoms with Crippen LogP contribution in [0.3, 0.4) is 0 Å². The first-order chi connectivity index (χ1) is 20.6. The van der Waals surface area contributed by atoms with E-state index in [2.05, 4.69) is 0 Å². The number of hydrogen-bond acceptors (Lipinski definition) is 10. The van der Waals surface area contributed by atoms with Crippen LogP contribution in [0.5, 0.6) is 0 Å². The zero-order chi connectivity index (χ0) is 31.7. The molecule has 7 rings (SSSR count). The molecule has 0 amide bonds. The maximum Gasteiger partial charge on any atom is 0.374 e. The third-order valence-corrected chi connectivity index (χ3v) is 13.1. The first-order valence-electron chi connectivity index (χ1n) is 15.7. The summed E-state index contributed by atoms with van der Waals surface area (Å²) in [5, 5.41) is 38.3. The van der Waals surface area contributed by atoms with E-state index in [9.17, 15) is 29.7 Å². The van der Waals surface area contributed by atoms with Crippen LogP contribution in [-0.2, 0) is 23.8 Å². The number of hydrogen-bond donors (Lipinski definition) is 3. The Labute approximate surface area is 256 Å². The fourth-order valence-corrected chi connectivity index (χ4v) is 10.2. The molecule has 1 aromatic rings. The molecule has 0 radical (unpaired) electrons. The number of furan rings is 1. The average molecular weight is 611 g/mol. The third kappa shape index (κ3) is 3.43. The molecule has 3 N–H and O–H groups in total. The van der Waals surface area contributed by atoms with E-state index in [1.54, 1.807) is 32.9 Å². The second-order valence-electron chi connectivity index (χ2n) is 14.7. The van der Waals surface area contributed by atoms with Gasteiger partial charge < -0.3 is 33.9 Å². The highest BCUT2D eigenvalue weighted by molar-refractivity contribution is 5.98. The number of esters is 2. The minimum atomic E-state index is -2.04. The number of cyclic esters (lactones) is 1. The van der Waals surface area contributed by atoms with Gasteiger partial charge in [-0.15, -0.1) is 0 Å². The molecule has 10 nitrogen and oxygen atoms in total. The fraction of sp³-hybridized carbons (Fsp3) is 0.676. The molecule has 3 heterocycles. The van der Waals surface area contributed by atoms with Crippen LogP contribution >= 0.6 is 0 Å².